The van der Waals surface area contributed by atoms with Gasteiger partial charge in [0.2, 0.25) is 11.8 Å². The molecule has 2 amide bonds. The molecule has 0 bridgehead atoms. The molecule has 2 aliphatic rings. The predicted molar refractivity (Wildman–Crippen MR) is 212 cm³/mol. The largest absolute Gasteiger partial charge is 0.397 e. The number of non-ortho nitro benzene ring substituents is 1. The Morgan fingerprint density at radius 2 is 1.42 bits per heavy atom. The number of hydrogen-bond donors (Lipinski definition) is 4. The molecule has 0 saturated carbocycles. The molecule has 13 nitrogen and oxygen atoms in total. The number of para-hydroxylation sites is 2. The van der Waals surface area contributed by atoms with Crippen molar-refractivity contribution in [3.8, 4) is 0 Å². The number of ether oxygens (including phenoxy) is 2. The molecule has 0 spiro atoms. The second-order valence-electron chi connectivity index (χ2n) is 14.1. The minimum absolute atomic E-state index is 0.0267. The number of nitrogens with zero attached hydrogens (tertiary/aromatic N) is 3. The molecule has 5 N–H and O–H groups in total. The first kappa shape index (κ1) is 39.4. The number of carbonyl (C=O) groups excluding carboxylic acids is 2. The Morgan fingerprint density at radius 3 is 2.05 bits per heavy atom. The van der Waals surface area contributed by atoms with E-state index in [1.165, 1.54) is 0 Å². The SMILES string of the molecule is Nc1ccccc1NC(=O)CCCCCCC(=O)Nc1ccc([C@@H]2O[C@H](CN3CCN(c4ccc([N+](=O)[O-])cc4)CC3)C[C@H](c3ccc(CO)cc3)O2)cc1. The minimum Gasteiger partial charge on any atom is -0.397 e. The zero-order chi connectivity index (χ0) is 38.6. The number of nitrogens with two attached hydrogens (primary N) is 1. The Balaban J connectivity index is 0.977. The summed E-state index contributed by atoms with van der Waals surface area (Å²) in [6, 6.07) is 29.3. The summed E-state index contributed by atoms with van der Waals surface area (Å²) in [6.45, 7) is 3.95. The van der Waals surface area contributed by atoms with Gasteiger partial charge in [-0.05, 0) is 60.4 Å². The topological polar surface area (TPSA) is 173 Å². The van der Waals surface area contributed by atoms with Gasteiger partial charge >= 0.3 is 0 Å². The van der Waals surface area contributed by atoms with Crippen molar-refractivity contribution in [3.05, 3.63) is 124 Å². The molecule has 0 aliphatic carbocycles. The maximum absolute atomic E-state index is 12.7. The van der Waals surface area contributed by atoms with Crippen LogP contribution in [0.15, 0.2) is 97.1 Å². The molecule has 2 saturated heterocycles. The van der Waals surface area contributed by atoms with Crippen LogP contribution in [0.1, 0.15) is 74.0 Å². The van der Waals surface area contributed by atoms with Crippen LogP contribution in [0, 0.1) is 10.1 Å². The van der Waals surface area contributed by atoms with Crippen molar-refractivity contribution in [2.75, 3.05) is 54.0 Å². The van der Waals surface area contributed by atoms with Crippen molar-refractivity contribution in [1.29, 1.82) is 0 Å². The van der Waals surface area contributed by atoms with E-state index in [0.717, 1.165) is 80.8 Å². The van der Waals surface area contributed by atoms with Crippen LogP contribution in [0.25, 0.3) is 0 Å². The summed E-state index contributed by atoms with van der Waals surface area (Å²) in [7, 11) is 0. The van der Waals surface area contributed by atoms with E-state index < -0.39 is 6.29 Å². The van der Waals surface area contributed by atoms with E-state index in [1.54, 1.807) is 36.4 Å². The number of aliphatic hydroxyl groups excluding tert-OH is 1. The number of unbranched alkanes of at least 4 members (excludes halogenated alkanes) is 3. The predicted octanol–water partition coefficient (Wildman–Crippen LogP) is 6.95. The van der Waals surface area contributed by atoms with Crippen LogP contribution in [-0.2, 0) is 25.7 Å². The molecule has 55 heavy (non-hydrogen) atoms. The summed E-state index contributed by atoms with van der Waals surface area (Å²) in [5.74, 6) is -0.127. The summed E-state index contributed by atoms with van der Waals surface area (Å²) < 4.78 is 13.1. The van der Waals surface area contributed by atoms with E-state index >= 15 is 0 Å². The van der Waals surface area contributed by atoms with Crippen LogP contribution in [0.2, 0.25) is 0 Å². The van der Waals surface area contributed by atoms with Gasteiger partial charge in [0.25, 0.3) is 5.69 Å². The third kappa shape index (κ3) is 11.3. The van der Waals surface area contributed by atoms with Gasteiger partial charge in [-0.1, -0.05) is 61.4 Å². The van der Waals surface area contributed by atoms with Gasteiger partial charge in [-0.25, -0.2) is 0 Å². The highest BCUT2D eigenvalue weighted by Gasteiger charge is 2.34. The van der Waals surface area contributed by atoms with E-state index in [4.69, 9.17) is 15.2 Å². The lowest BCUT2D eigenvalue weighted by atomic mass is 9.99. The molecule has 2 aliphatic heterocycles. The minimum atomic E-state index is -0.612. The summed E-state index contributed by atoms with van der Waals surface area (Å²) in [5, 5.41) is 26.5. The number of piperazine rings is 1. The quantitative estimate of drug-likeness (QED) is 0.0406. The van der Waals surface area contributed by atoms with Crippen molar-refractivity contribution in [1.82, 2.24) is 4.90 Å². The van der Waals surface area contributed by atoms with E-state index in [-0.39, 0.29) is 41.2 Å². The van der Waals surface area contributed by atoms with E-state index in [2.05, 4.69) is 20.4 Å². The first-order valence-corrected chi connectivity index (χ1v) is 19.0. The van der Waals surface area contributed by atoms with Gasteiger partial charge in [0.05, 0.1) is 35.1 Å². The number of amides is 2. The molecular weight excluding hydrogens is 700 g/mol. The number of anilines is 4. The lowest BCUT2D eigenvalue weighted by Crippen LogP contribution is -2.49. The van der Waals surface area contributed by atoms with Crippen molar-refractivity contribution in [3.63, 3.8) is 0 Å². The van der Waals surface area contributed by atoms with Gasteiger partial charge in [0.15, 0.2) is 6.29 Å². The molecule has 4 aromatic carbocycles. The van der Waals surface area contributed by atoms with Crippen molar-refractivity contribution < 1.29 is 29.1 Å². The Labute approximate surface area is 321 Å². The number of nitrogen functional groups attached to an aromatic ring is 1. The third-order valence-corrected chi connectivity index (χ3v) is 10.1. The highest BCUT2D eigenvalue weighted by atomic mass is 16.7. The Kier molecular flexibility index (Phi) is 13.8. The van der Waals surface area contributed by atoms with E-state index in [0.29, 0.717) is 36.3 Å². The Morgan fingerprint density at radius 1 is 0.782 bits per heavy atom. The molecule has 13 heteroatoms. The van der Waals surface area contributed by atoms with Crippen LogP contribution in [-0.4, -0.2) is 65.6 Å². The standard InChI is InChI=1S/C42H50N6O7/c43-37-7-5-6-8-38(37)45-41(51)10-4-2-1-3-9-40(50)44-33-17-15-32(16-18-33)42-54-36(27-39(55-42)31-13-11-30(29-49)12-14-31)28-46-23-25-47(26-24-46)34-19-21-35(22-20-34)48(52)53/h5-8,11-22,36,39,42,49H,1-4,9-10,23-29,43H2,(H,44,50)(H,45,51)/t36-,39+,42+/m0/s1. The molecule has 0 aromatic heterocycles. The number of nitro benzene ring substituents is 1. The average Bonchev–Trinajstić information content (AvgIpc) is 3.20. The summed E-state index contributed by atoms with van der Waals surface area (Å²) in [4.78, 5) is 40.3. The maximum Gasteiger partial charge on any atom is 0.269 e. The van der Waals surface area contributed by atoms with Crippen LogP contribution < -0.4 is 21.3 Å². The molecular formula is C42H50N6O7. The average molecular weight is 751 g/mol. The molecule has 2 heterocycles. The van der Waals surface area contributed by atoms with E-state index in [1.807, 2.05) is 60.7 Å². The fourth-order valence-electron chi connectivity index (χ4n) is 6.99. The van der Waals surface area contributed by atoms with Crippen LogP contribution in [0.3, 0.4) is 0 Å². The number of rotatable bonds is 16. The maximum atomic E-state index is 12.7. The highest BCUT2D eigenvalue weighted by Crippen LogP contribution is 2.38. The Hall–Kier alpha value is -5.34. The fourth-order valence-corrected chi connectivity index (χ4v) is 6.99. The van der Waals surface area contributed by atoms with Crippen LogP contribution in [0.4, 0.5) is 28.4 Å². The third-order valence-electron chi connectivity index (χ3n) is 10.1. The van der Waals surface area contributed by atoms with Gasteiger partial charge < -0.3 is 35.8 Å². The van der Waals surface area contributed by atoms with Crippen LogP contribution in [0.5, 0.6) is 0 Å². The second kappa shape index (κ2) is 19.3. The summed E-state index contributed by atoms with van der Waals surface area (Å²) >= 11 is 0. The Bertz CT molecular complexity index is 1860. The number of nitrogens with one attached hydrogen (secondary N) is 2. The fraction of sp³-hybridized carbons (Fsp3) is 0.381. The molecule has 3 atom stereocenters. The molecule has 290 valence electrons. The van der Waals surface area contributed by atoms with Crippen molar-refractivity contribution in [2.24, 2.45) is 0 Å². The normalized spacial score (nSPS) is 18.8. The first-order chi connectivity index (χ1) is 26.7. The van der Waals surface area contributed by atoms with Gasteiger partial charge in [-0.3, -0.25) is 24.6 Å². The zero-order valence-corrected chi connectivity index (χ0v) is 31.0. The number of benzene rings is 4. The number of carbonyl (C=O) groups is 2. The lowest BCUT2D eigenvalue weighted by Gasteiger charge is -2.41. The number of hydrogen-bond acceptors (Lipinski definition) is 10. The number of nitro groups is 1. The molecule has 0 unspecified atom stereocenters. The second-order valence-corrected chi connectivity index (χ2v) is 14.1. The van der Waals surface area contributed by atoms with Crippen LogP contribution >= 0.6 is 0 Å². The molecule has 4 aromatic rings. The van der Waals surface area contributed by atoms with Gasteiger partial charge in [-0.2, -0.15) is 0 Å². The zero-order valence-electron chi connectivity index (χ0n) is 31.0. The number of aliphatic hydroxyl groups is 1. The molecule has 0 radical (unpaired) electrons. The van der Waals surface area contributed by atoms with Gasteiger partial charge in [0.1, 0.15) is 0 Å². The van der Waals surface area contributed by atoms with Crippen molar-refractivity contribution in [2.45, 2.75) is 70.1 Å². The summed E-state index contributed by atoms with van der Waals surface area (Å²) in [5.41, 5.74) is 11.5. The van der Waals surface area contributed by atoms with Gasteiger partial charge in [-0.15, -0.1) is 0 Å². The van der Waals surface area contributed by atoms with E-state index in [9.17, 15) is 24.8 Å². The van der Waals surface area contributed by atoms with Crippen molar-refractivity contribution >= 4 is 40.3 Å². The first-order valence-electron chi connectivity index (χ1n) is 19.0. The summed E-state index contributed by atoms with van der Waals surface area (Å²) in [6.07, 6.45) is 3.71. The van der Waals surface area contributed by atoms with Gasteiger partial charge in [0, 0.05) is 81.1 Å². The highest BCUT2D eigenvalue weighted by molar-refractivity contribution is 5.93. The lowest BCUT2D eigenvalue weighted by molar-refractivity contribution is -0.384. The molecule has 6 rings (SSSR count). The smallest absolute Gasteiger partial charge is 0.269 e. The monoisotopic (exact) mass is 750 g/mol. The molecule has 2 fully saturated rings.